The van der Waals surface area contributed by atoms with Crippen molar-refractivity contribution in [3.63, 3.8) is 0 Å². The van der Waals surface area contributed by atoms with E-state index in [9.17, 15) is 4.79 Å². The highest BCUT2D eigenvalue weighted by atomic mass is 79.9. The minimum Gasteiger partial charge on any atom is -0.484 e. The molecule has 0 saturated carbocycles. The Labute approximate surface area is 137 Å². The average Bonchev–Trinajstić information content (AvgIpc) is 2.53. The standard InChI is InChI=1S/C18H14BrNO2/c19-15-6-3-7-16(11-15)20-18(21)12-22-17-9-8-13-4-1-2-5-14(13)10-17/h1-11H,12H2,(H,20,21). The maximum Gasteiger partial charge on any atom is 0.262 e. The van der Waals surface area contributed by atoms with Crippen molar-refractivity contribution in [3.8, 4) is 5.75 Å². The summed E-state index contributed by atoms with van der Waals surface area (Å²) >= 11 is 3.37. The highest BCUT2D eigenvalue weighted by molar-refractivity contribution is 9.10. The Bertz CT molecular complexity index is 817. The zero-order chi connectivity index (χ0) is 15.4. The first-order valence-corrected chi connectivity index (χ1v) is 7.67. The summed E-state index contributed by atoms with van der Waals surface area (Å²) in [6.45, 7) is -0.0230. The lowest BCUT2D eigenvalue weighted by Crippen LogP contribution is -2.20. The van der Waals surface area contributed by atoms with Crippen LogP contribution >= 0.6 is 15.9 Å². The average molecular weight is 356 g/mol. The Kier molecular flexibility index (Phi) is 4.39. The molecule has 110 valence electrons. The molecule has 0 aliphatic carbocycles. The Balaban J connectivity index is 1.62. The molecule has 0 aliphatic heterocycles. The summed E-state index contributed by atoms with van der Waals surface area (Å²) in [5.74, 6) is 0.495. The van der Waals surface area contributed by atoms with Crippen LogP contribution in [0.25, 0.3) is 10.8 Å². The molecule has 3 nitrogen and oxygen atoms in total. The predicted octanol–water partition coefficient (Wildman–Crippen LogP) is 4.62. The molecule has 0 bridgehead atoms. The van der Waals surface area contributed by atoms with Gasteiger partial charge < -0.3 is 10.1 Å². The fourth-order valence-corrected chi connectivity index (χ4v) is 2.57. The molecule has 0 unspecified atom stereocenters. The number of carbonyl (C=O) groups is 1. The molecule has 0 fully saturated rings. The Morgan fingerprint density at radius 1 is 0.955 bits per heavy atom. The van der Waals surface area contributed by atoms with E-state index in [1.165, 1.54) is 0 Å². The van der Waals surface area contributed by atoms with E-state index in [1.54, 1.807) is 0 Å². The highest BCUT2D eigenvalue weighted by Gasteiger charge is 2.04. The van der Waals surface area contributed by atoms with Crippen LogP contribution in [0.3, 0.4) is 0 Å². The summed E-state index contributed by atoms with van der Waals surface area (Å²) in [6, 6.07) is 21.3. The number of fused-ring (bicyclic) bond motifs is 1. The van der Waals surface area contributed by atoms with Crippen molar-refractivity contribution in [1.82, 2.24) is 0 Å². The molecule has 0 radical (unpaired) electrons. The van der Waals surface area contributed by atoms with Crippen LogP contribution in [0.1, 0.15) is 0 Å². The van der Waals surface area contributed by atoms with Gasteiger partial charge in [0.1, 0.15) is 5.75 Å². The molecule has 1 N–H and O–H groups in total. The molecule has 4 heteroatoms. The third-order valence-electron chi connectivity index (χ3n) is 3.20. The summed E-state index contributed by atoms with van der Waals surface area (Å²) in [5, 5.41) is 5.03. The first-order chi connectivity index (χ1) is 10.7. The van der Waals surface area contributed by atoms with E-state index in [0.717, 1.165) is 20.9 Å². The summed E-state index contributed by atoms with van der Waals surface area (Å²) < 4.78 is 6.47. The minimum atomic E-state index is -0.189. The van der Waals surface area contributed by atoms with Gasteiger partial charge in [-0.1, -0.05) is 52.3 Å². The largest absolute Gasteiger partial charge is 0.484 e. The number of hydrogen-bond acceptors (Lipinski definition) is 2. The van der Waals surface area contributed by atoms with E-state index < -0.39 is 0 Å². The topological polar surface area (TPSA) is 38.3 Å². The number of hydrogen-bond donors (Lipinski definition) is 1. The number of ether oxygens (including phenoxy) is 1. The van der Waals surface area contributed by atoms with Crippen LogP contribution in [0.4, 0.5) is 5.69 Å². The van der Waals surface area contributed by atoms with E-state index in [2.05, 4.69) is 21.2 Å². The van der Waals surface area contributed by atoms with Gasteiger partial charge in [0, 0.05) is 10.2 Å². The number of anilines is 1. The van der Waals surface area contributed by atoms with Crippen molar-refractivity contribution >= 4 is 38.3 Å². The molecule has 0 aromatic heterocycles. The van der Waals surface area contributed by atoms with Gasteiger partial charge in [0.25, 0.3) is 5.91 Å². The molecular weight excluding hydrogens is 342 g/mol. The van der Waals surface area contributed by atoms with Crippen molar-refractivity contribution in [1.29, 1.82) is 0 Å². The maximum absolute atomic E-state index is 11.9. The van der Waals surface area contributed by atoms with Crippen molar-refractivity contribution in [3.05, 3.63) is 71.2 Å². The molecule has 0 saturated heterocycles. The Morgan fingerprint density at radius 3 is 2.59 bits per heavy atom. The van der Waals surface area contributed by atoms with E-state index >= 15 is 0 Å². The second-order valence-corrected chi connectivity index (χ2v) is 5.77. The van der Waals surface area contributed by atoms with Crippen LogP contribution in [-0.4, -0.2) is 12.5 Å². The van der Waals surface area contributed by atoms with E-state index in [0.29, 0.717) is 5.75 Å². The minimum absolute atomic E-state index is 0.0230. The molecule has 3 aromatic rings. The van der Waals surface area contributed by atoms with Gasteiger partial charge in [0.05, 0.1) is 0 Å². The fraction of sp³-hybridized carbons (Fsp3) is 0.0556. The summed E-state index contributed by atoms with van der Waals surface area (Å²) in [7, 11) is 0. The zero-order valence-electron chi connectivity index (χ0n) is 11.8. The fourth-order valence-electron chi connectivity index (χ4n) is 2.17. The number of rotatable bonds is 4. The van der Waals surface area contributed by atoms with Gasteiger partial charge in [-0.3, -0.25) is 4.79 Å². The van der Waals surface area contributed by atoms with Gasteiger partial charge in [0.2, 0.25) is 0 Å². The van der Waals surface area contributed by atoms with Gasteiger partial charge in [-0.25, -0.2) is 0 Å². The second-order valence-electron chi connectivity index (χ2n) is 4.86. The molecule has 1 amide bonds. The third kappa shape index (κ3) is 3.65. The summed E-state index contributed by atoms with van der Waals surface area (Å²) in [5.41, 5.74) is 0.737. The van der Waals surface area contributed by atoms with Crippen molar-refractivity contribution in [2.75, 3.05) is 11.9 Å². The van der Waals surface area contributed by atoms with Gasteiger partial charge >= 0.3 is 0 Å². The Morgan fingerprint density at radius 2 is 1.77 bits per heavy atom. The van der Waals surface area contributed by atoms with Crippen LogP contribution in [0.15, 0.2) is 71.2 Å². The van der Waals surface area contributed by atoms with E-state index in [-0.39, 0.29) is 12.5 Å². The van der Waals surface area contributed by atoms with Gasteiger partial charge in [-0.2, -0.15) is 0 Å². The highest BCUT2D eigenvalue weighted by Crippen LogP contribution is 2.20. The number of halogens is 1. The molecule has 0 atom stereocenters. The molecule has 0 spiro atoms. The molecule has 0 heterocycles. The van der Waals surface area contributed by atoms with Gasteiger partial charge in [0.15, 0.2) is 6.61 Å². The molecular formula is C18H14BrNO2. The van der Waals surface area contributed by atoms with Gasteiger partial charge in [-0.15, -0.1) is 0 Å². The van der Waals surface area contributed by atoms with Crippen LogP contribution in [-0.2, 0) is 4.79 Å². The number of carbonyl (C=O) groups excluding carboxylic acids is 1. The maximum atomic E-state index is 11.9. The molecule has 0 aliphatic rings. The number of nitrogens with one attached hydrogen (secondary N) is 1. The molecule has 3 rings (SSSR count). The van der Waals surface area contributed by atoms with E-state index in [4.69, 9.17) is 4.74 Å². The van der Waals surface area contributed by atoms with Gasteiger partial charge in [-0.05, 0) is 41.1 Å². The predicted molar refractivity (Wildman–Crippen MR) is 92.2 cm³/mol. The first kappa shape index (κ1) is 14.6. The molecule has 3 aromatic carbocycles. The first-order valence-electron chi connectivity index (χ1n) is 6.88. The SMILES string of the molecule is O=C(COc1ccc2ccccc2c1)Nc1cccc(Br)c1. The smallest absolute Gasteiger partial charge is 0.262 e. The normalized spacial score (nSPS) is 10.4. The molecule has 22 heavy (non-hydrogen) atoms. The summed E-state index contributed by atoms with van der Waals surface area (Å²) in [6.07, 6.45) is 0. The van der Waals surface area contributed by atoms with Crippen LogP contribution in [0.5, 0.6) is 5.75 Å². The lowest BCUT2D eigenvalue weighted by atomic mass is 10.1. The lowest BCUT2D eigenvalue weighted by Gasteiger charge is -2.08. The third-order valence-corrected chi connectivity index (χ3v) is 3.69. The van der Waals surface area contributed by atoms with E-state index in [1.807, 2.05) is 66.7 Å². The quantitative estimate of drug-likeness (QED) is 0.741. The lowest BCUT2D eigenvalue weighted by molar-refractivity contribution is -0.118. The number of benzene rings is 3. The zero-order valence-corrected chi connectivity index (χ0v) is 13.3. The van der Waals surface area contributed by atoms with Crippen LogP contribution in [0.2, 0.25) is 0 Å². The second kappa shape index (κ2) is 6.62. The van der Waals surface area contributed by atoms with Crippen molar-refractivity contribution in [2.45, 2.75) is 0 Å². The van der Waals surface area contributed by atoms with Crippen molar-refractivity contribution in [2.24, 2.45) is 0 Å². The van der Waals surface area contributed by atoms with Crippen LogP contribution < -0.4 is 10.1 Å². The summed E-state index contributed by atoms with van der Waals surface area (Å²) in [4.78, 5) is 11.9. The van der Waals surface area contributed by atoms with Crippen LogP contribution in [0, 0.1) is 0 Å². The Hall–Kier alpha value is -2.33. The number of amides is 1. The van der Waals surface area contributed by atoms with Crippen molar-refractivity contribution < 1.29 is 9.53 Å². The monoisotopic (exact) mass is 355 g/mol.